The summed E-state index contributed by atoms with van der Waals surface area (Å²) >= 11 is 0. The van der Waals surface area contributed by atoms with Crippen molar-refractivity contribution < 1.29 is 22.7 Å². The summed E-state index contributed by atoms with van der Waals surface area (Å²) in [6, 6.07) is 1.71. The van der Waals surface area contributed by atoms with E-state index >= 15 is 0 Å². The molecule has 168 valence electrons. The number of nitrogens with zero attached hydrogens (tertiary/aromatic N) is 1. The predicted molar refractivity (Wildman–Crippen MR) is 116 cm³/mol. The molecule has 1 atom stereocenters. The third-order valence-electron chi connectivity index (χ3n) is 4.74. The van der Waals surface area contributed by atoms with Crippen LogP contribution in [0.1, 0.15) is 76.5 Å². The second kappa shape index (κ2) is 12.4. The second-order valence-electron chi connectivity index (χ2n) is 7.02. The van der Waals surface area contributed by atoms with Gasteiger partial charge >= 0.3 is 6.18 Å². The zero-order valence-corrected chi connectivity index (χ0v) is 18.3. The lowest BCUT2D eigenvalue weighted by atomic mass is 9.97. The van der Waals surface area contributed by atoms with Crippen molar-refractivity contribution in [1.29, 1.82) is 0 Å². The van der Waals surface area contributed by atoms with E-state index in [-0.39, 0.29) is 18.2 Å². The van der Waals surface area contributed by atoms with Gasteiger partial charge in [0, 0.05) is 17.9 Å². The average Bonchev–Trinajstić information content (AvgIpc) is 3.56. The minimum Gasteiger partial charge on any atom is -0.494 e. The van der Waals surface area contributed by atoms with Crippen molar-refractivity contribution in [2.24, 2.45) is 5.92 Å². The first kappa shape index (κ1) is 25.7. The Morgan fingerprint density at radius 1 is 1.40 bits per heavy atom. The Labute approximate surface area is 177 Å². The number of amides is 1. The van der Waals surface area contributed by atoms with Gasteiger partial charge in [0.1, 0.15) is 11.6 Å². The number of alkyl halides is 3. The Hall–Kier alpha value is -2.31. The summed E-state index contributed by atoms with van der Waals surface area (Å²) in [7, 11) is 1.57. The summed E-state index contributed by atoms with van der Waals surface area (Å²) in [5.74, 6) is 1.05. The summed E-state index contributed by atoms with van der Waals surface area (Å²) in [5.41, 5.74) is 1.56. The Balaban J connectivity index is 0.00000218. The molecule has 30 heavy (non-hydrogen) atoms. The minimum absolute atomic E-state index is 0.0378. The maximum Gasteiger partial charge on any atom is 0.389 e. The molecule has 0 aliphatic heterocycles. The first-order chi connectivity index (χ1) is 14.3. The number of carbonyl (C=O) groups is 1. The largest absolute Gasteiger partial charge is 0.494 e. The third-order valence-corrected chi connectivity index (χ3v) is 4.74. The number of rotatable bonds is 10. The van der Waals surface area contributed by atoms with Crippen LogP contribution in [0.5, 0.6) is 5.75 Å². The first-order valence-corrected chi connectivity index (χ1v) is 10.5. The molecule has 7 heteroatoms. The topological polar surface area (TPSA) is 51.2 Å². The number of methoxy groups -OCH3 is 1. The zero-order valence-electron chi connectivity index (χ0n) is 18.3. The number of hydrogen-bond donors (Lipinski definition) is 1. The molecule has 1 saturated carbocycles. The number of anilines is 1. The standard InChI is InChI=1S/C21H27F3N2O2.C2H6/c1-4-14(7-6-12-21(22,23)24)8-9-16-13-17(25-18(27)5-2)26-19(15-10-11-15)20(16)28-3;1-2/h5,8-9,13-15H,2,4,6-7,10-12H2,1,3H3,(H,25,26,27);1-2H3/b9-8+;. The number of hydrogen-bond acceptors (Lipinski definition) is 3. The highest BCUT2D eigenvalue weighted by atomic mass is 19.4. The van der Waals surface area contributed by atoms with E-state index < -0.39 is 12.6 Å². The van der Waals surface area contributed by atoms with Crippen molar-refractivity contribution in [1.82, 2.24) is 4.98 Å². The number of carbonyl (C=O) groups excluding carboxylic acids is 1. The fourth-order valence-corrected chi connectivity index (χ4v) is 3.04. The van der Waals surface area contributed by atoms with E-state index in [1.807, 2.05) is 32.9 Å². The van der Waals surface area contributed by atoms with Gasteiger partial charge in [0.2, 0.25) is 5.91 Å². The number of pyridine rings is 1. The molecule has 1 heterocycles. The molecule has 1 fully saturated rings. The first-order valence-electron chi connectivity index (χ1n) is 10.5. The summed E-state index contributed by atoms with van der Waals surface area (Å²) in [6.07, 6.45) is 3.42. The molecule has 1 N–H and O–H groups in total. The van der Waals surface area contributed by atoms with Crippen molar-refractivity contribution in [2.45, 2.75) is 71.4 Å². The van der Waals surface area contributed by atoms with Gasteiger partial charge in [-0.05, 0) is 50.2 Å². The molecule has 0 spiro atoms. The normalized spacial score (nSPS) is 14.6. The van der Waals surface area contributed by atoms with Crippen molar-refractivity contribution in [3.63, 3.8) is 0 Å². The van der Waals surface area contributed by atoms with E-state index in [9.17, 15) is 18.0 Å². The van der Waals surface area contributed by atoms with Gasteiger partial charge in [-0.15, -0.1) is 0 Å². The fourth-order valence-electron chi connectivity index (χ4n) is 3.04. The lowest BCUT2D eigenvalue weighted by molar-refractivity contribution is -0.135. The van der Waals surface area contributed by atoms with Crippen LogP contribution in [0.25, 0.3) is 6.08 Å². The van der Waals surface area contributed by atoms with Crippen LogP contribution in [-0.2, 0) is 4.79 Å². The summed E-state index contributed by atoms with van der Waals surface area (Å²) < 4.78 is 42.7. The van der Waals surface area contributed by atoms with Crippen LogP contribution in [0.15, 0.2) is 24.8 Å². The summed E-state index contributed by atoms with van der Waals surface area (Å²) in [4.78, 5) is 16.2. The van der Waals surface area contributed by atoms with Gasteiger partial charge in [0.25, 0.3) is 0 Å². The number of allylic oxidation sites excluding steroid dienone is 1. The Morgan fingerprint density at radius 3 is 2.57 bits per heavy atom. The molecule has 2 rings (SSSR count). The van der Waals surface area contributed by atoms with Crippen LogP contribution in [0.2, 0.25) is 0 Å². The quantitative estimate of drug-likeness (QED) is 0.414. The number of halogens is 3. The molecule has 0 aromatic carbocycles. The van der Waals surface area contributed by atoms with E-state index in [1.165, 1.54) is 6.08 Å². The molecule has 4 nitrogen and oxygen atoms in total. The van der Waals surface area contributed by atoms with Gasteiger partial charge in [-0.25, -0.2) is 4.98 Å². The van der Waals surface area contributed by atoms with Crippen LogP contribution in [0, 0.1) is 5.92 Å². The summed E-state index contributed by atoms with van der Waals surface area (Å²) in [6.45, 7) is 9.40. The van der Waals surface area contributed by atoms with Gasteiger partial charge in [0.15, 0.2) is 0 Å². The van der Waals surface area contributed by atoms with Crippen molar-refractivity contribution in [3.05, 3.63) is 36.1 Å². The van der Waals surface area contributed by atoms with E-state index in [2.05, 4.69) is 16.9 Å². The molecule has 1 amide bonds. The molecule has 0 radical (unpaired) electrons. The van der Waals surface area contributed by atoms with E-state index in [4.69, 9.17) is 4.74 Å². The molecule has 1 aromatic heterocycles. The Kier molecular flexibility index (Phi) is 10.6. The molecule has 1 aromatic rings. The van der Waals surface area contributed by atoms with Crippen LogP contribution < -0.4 is 10.1 Å². The molecule has 1 unspecified atom stereocenters. The lowest BCUT2D eigenvalue weighted by Crippen LogP contribution is -2.11. The molecular weight excluding hydrogens is 393 g/mol. The number of aromatic nitrogens is 1. The van der Waals surface area contributed by atoms with Crippen LogP contribution in [0.4, 0.5) is 19.0 Å². The average molecular weight is 427 g/mol. The lowest BCUT2D eigenvalue weighted by Gasteiger charge is -2.15. The van der Waals surface area contributed by atoms with Gasteiger partial charge in [-0.2, -0.15) is 13.2 Å². The SMILES string of the molecule is C=CC(=O)Nc1cc(/C=C/C(CC)CCCC(F)(F)F)c(OC)c(C2CC2)n1.CC. The third kappa shape index (κ3) is 8.59. The summed E-state index contributed by atoms with van der Waals surface area (Å²) in [5, 5.41) is 2.68. The number of ether oxygens (including phenoxy) is 1. The van der Waals surface area contributed by atoms with Crippen molar-refractivity contribution in [2.75, 3.05) is 12.4 Å². The Morgan fingerprint density at radius 2 is 2.07 bits per heavy atom. The van der Waals surface area contributed by atoms with Crippen LogP contribution >= 0.6 is 0 Å². The van der Waals surface area contributed by atoms with Gasteiger partial charge in [0.05, 0.1) is 12.8 Å². The van der Waals surface area contributed by atoms with Crippen molar-refractivity contribution >= 4 is 17.8 Å². The van der Waals surface area contributed by atoms with Gasteiger partial charge in [-0.3, -0.25) is 4.79 Å². The monoisotopic (exact) mass is 426 g/mol. The second-order valence-corrected chi connectivity index (χ2v) is 7.02. The van der Waals surface area contributed by atoms with E-state index in [0.717, 1.165) is 30.5 Å². The molecule has 1 aliphatic rings. The molecular formula is C23H33F3N2O2. The Bertz CT molecular complexity index is 726. The van der Waals surface area contributed by atoms with Gasteiger partial charge in [-0.1, -0.05) is 39.5 Å². The van der Waals surface area contributed by atoms with Crippen LogP contribution in [0.3, 0.4) is 0 Å². The van der Waals surface area contributed by atoms with E-state index in [1.54, 1.807) is 13.2 Å². The molecule has 0 saturated heterocycles. The highest BCUT2D eigenvalue weighted by Gasteiger charge is 2.30. The van der Waals surface area contributed by atoms with Crippen LogP contribution in [-0.4, -0.2) is 24.2 Å². The fraction of sp³-hybridized carbons (Fsp3) is 0.565. The maximum atomic E-state index is 12.4. The molecule has 0 bridgehead atoms. The zero-order chi connectivity index (χ0) is 22.7. The van der Waals surface area contributed by atoms with E-state index in [0.29, 0.717) is 23.9 Å². The van der Waals surface area contributed by atoms with Crippen molar-refractivity contribution in [3.8, 4) is 5.75 Å². The smallest absolute Gasteiger partial charge is 0.389 e. The maximum absolute atomic E-state index is 12.4. The highest BCUT2D eigenvalue weighted by molar-refractivity contribution is 5.98. The highest BCUT2D eigenvalue weighted by Crippen LogP contribution is 2.45. The predicted octanol–water partition coefficient (Wildman–Crippen LogP) is 6.89. The van der Waals surface area contributed by atoms with Gasteiger partial charge < -0.3 is 10.1 Å². The minimum atomic E-state index is -4.12. The molecule has 1 aliphatic carbocycles. The number of nitrogens with one attached hydrogen (secondary N) is 1.